The van der Waals surface area contributed by atoms with Crippen molar-refractivity contribution < 1.29 is 4.74 Å². The van der Waals surface area contributed by atoms with Crippen molar-refractivity contribution in [2.45, 2.75) is 39.5 Å². The summed E-state index contributed by atoms with van der Waals surface area (Å²) >= 11 is 1.88. The Labute approximate surface area is 108 Å². The summed E-state index contributed by atoms with van der Waals surface area (Å²) in [5, 5.41) is 0. The van der Waals surface area contributed by atoms with E-state index in [4.69, 9.17) is 10.5 Å². The molecule has 3 nitrogen and oxygen atoms in total. The summed E-state index contributed by atoms with van der Waals surface area (Å²) in [6.45, 7) is 10.2. The molecule has 17 heavy (non-hydrogen) atoms. The molecule has 0 bridgehead atoms. The summed E-state index contributed by atoms with van der Waals surface area (Å²) in [5.41, 5.74) is 7.36. The van der Waals surface area contributed by atoms with Gasteiger partial charge in [0, 0.05) is 35.4 Å². The summed E-state index contributed by atoms with van der Waals surface area (Å²) in [6, 6.07) is 2.42. The van der Waals surface area contributed by atoms with Gasteiger partial charge in [-0.05, 0) is 32.4 Å². The van der Waals surface area contributed by atoms with E-state index in [1.807, 2.05) is 18.3 Å². The van der Waals surface area contributed by atoms with E-state index in [9.17, 15) is 0 Å². The first-order chi connectivity index (χ1) is 8.06. The number of nitrogens with two attached hydrogens (primary N) is 1. The van der Waals surface area contributed by atoms with Crippen molar-refractivity contribution in [3.8, 4) is 0 Å². The Morgan fingerprint density at radius 3 is 2.94 bits per heavy atom. The highest BCUT2D eigenvalue weighted by Gasteiger charge is 2.23. The van der Waals surface area contributed by atoms with Crippen molar-refractivity contribution >= 4 is 11.3 Å². The van der Waals surface area contributed by atoms with E-state index < -0.39 is 0 Å². The topological polar surface area (TPSA) is 38.5 Å². The van der Waals surface area contributed by atoms with E-state index in [-0.39, 0.29) is 12.1 Å². The average Bonchev–Trinajstić information content (AvgIpc) is 2.58. The molecule has 0 amide bonds. The molecule has 2 unspecified atom stereocenters. The fourth-order valence-electron chi connectivity index (χ4n) is 2.27. The minimum atomic E-state index is 0.114. The summed E-state index contributed by atoms with van der Waals surface area (Å²) in [6.07, 6.45) is 0.184. The monoisotopic (exact) mass is 254 g/mol. The van der Waals surface area contributed by atoms with E-state index in [2.05, 4.69) is 24.8 Å². The molecule has 2 atom stereocenters. The van der Waals surface area contributed by atoms with E-state index in [0.717, 1.165) is 26.2 Å². The van der Waals surface area contributed by atoms with Gasteiger partial charge in [-0.25, -0.2) is 0 Å². The maximum Gasteiger partial charge on any atom is 0.0850 e. The largest absolute Gasteiger partial charge is 0.374 e. The number of morpholine rings is 1. The van der Waals surface area contributed by atoms with Gasteiger partial charge in [0.05, 0.1) is 12.7 Å². The first-order valence-corrected chi connectivity index (χ1v) is 7.03. The minimum absolute atomic E-state index is 0.114. The van der Waals surface area contributed by atoms with Crippen molar-refractivity contribution in [3.63, 3.8) is 0 Å². The molecule has 1 saturated heterocycles. The lowest BCUT2D eigenvalue weighted by Gasteiger charge is -2.34. The van der Waals surface area contributed by atoms with Crippen LogP contribution in [0.25, 0.3) is 0 Å². The molecule has 0 saturated carbocycles. The molecule has 2 rings (SSSR count). The molecule has 2 heterocycles. The van der Waals surface area contributed by atoms with Crippen LogP contribution < -0.4 is 5.73 Å². The molecule has 1 aliphatic heterocycles. The fraction of sp³-hybridized carbons (Fsp3) is 0.692. The first kappa shape index (κ1) is 13.0. The lowest BCUT2D eigenvalue weighted by Crippen LogP contribution is -2.49. The number of aryl methyl sites for hydroxylation is 2. The zero-order chi connectivity index (χ0) is 12.4. The quantitative estimate of drug-likeness (QED) is 0.895. The van der Waals surface area contributed by atoms with Gasteiger partial charge in [-0.3, -0.25) is 4.90 Å². The van der Waals surface area contributed by atoms with Crippen molar-refractivity contribution in [1.29, 1.82) is 0 Å². The van der Waals surface area contributed by atoms with Gasteiger partial charge in [-0.2, -0.15) is 0 Å². The average molecular weight is 254 g/mol. The van der Waals surface area contributed by atoms with E-state index in [0.29, 0.717) is 0 Å². The van der Waals surface area contributed by atoms with Crippen molar-refractivity contribution in [2.75, 3.05) is 19.7 Å². The summed E-state index contributed by atoms with van der Waals surface area (Å²) in [4.78, 5) is 5.28. The molecule has 1 fully saturated rings. The number of thiophene rings is 1. The third-order valence-electron chi connectivity index (χ3n) is 3.30. The molecule has 1 aromatic heterocycles. The predicted molar refractivity (Wildman–Crippen MR) is 72.5 cm³/mol. The van der Waals surface area contributed by atoms with Crippen LogP contribution in [0.15, 0.2) is 6.07 Å². The third kappa shape index (κ3) is 3.28. The highest BCUT2D eigenvalue weighted by atomic mass is 32.1. The molecule has 0 radical (unpaired) electrons. The predicted octanol–water partition coefficient (Wildman–Crippen LogP) is 1.91. The summed E-state index contributed by atoms with van der Waals surface area (Å²) < 4.78 is 5.68. The maximum atomic E-state index is 5.91. The number of nitrogens with zero attached hydrogens (tertiary/aromatic N) is 1. The molecule has 1 aromatic rings. The molecular weight excluding hydrogens is 232 g/mol. The van der Waals surface area contributed by atoms with Gasteiger partial charge in [-0.15, -0.1) is 11.3 Å². The van der Waals surface area contributed by atoms with Gasteiger partial charge in [0.1, 0.15) is 0 Å². The molecular formula is C13H22N2OS. The fourth-order valence-corrected chi connectivity index (χ4v) is 3.21. The van der Waals surface area contributed by atoms with Crippen molar-refractivity contribution in [3.05, 3.63) is 21.4 Å². The van der Waals surface area contributed by atoms with E-state index in [1.54, 1.807) is 0 Å². The van der Waals surface area contributed by atoms with Crippen LogP contribution in [0.3, 0.4) is 0 Å². The van der Waals surface area contributed by atoms with Gasteiger partial charge in [0.2, 0.25) is 0 Å². The Bertz CT molecular complexity index is 375. The van der Waals surface area contributed by atoms with E-state index >= 15 is 0 Å². The highest BCUT2D eigenvalue weighted by molar-refractivity contribution is 7.12. The zero-order valence-electron chi connectivity index (χ0n) is 10.9. The molecule has 4 heteroatoms. The SMILES string of the molecule is Cc1cc(CN2CCOC(C(C)N)C2)c(C)s1. The Kier molecular flexibility index (Phi) is 4.20. The van der Waals surface area contributed by atoms with Crippen LogP contribution in [-0.4, -0.2) is 36.7 Å². The van der Waals surface area contributed by atoms with Gasteiger partial charge >= 0.3 is 0 Å². The Hall–Kier alpha value is -0.420. The van der Waals surface area contributed by atoms with Gasteiger partial charge in [0.25, 0.3) is 0 Å². The number of rotatable bonds is 3. The summed E-state index contributed by atoms with van der Waals surface area (Å²) in [7, 11) is 0. The first-order valence-electron chi connectivity index (χ1n) is 6.21. The maximum absolute atomic E-state index is 5.91. The third-order valence-corrected chi connectivity index (χ3v) is 4.31. The Morgan fingerprint density at radius 2 is 2.35 bits per heavy atom. The smallest absolute Gasteiger partial charge is 0.0850 e. The molecule has 1 aliphatic rings. The van der Waals surface area contributed by atoms with Crippen LogP contribution in [0.4, 0.5) is 0 Å². The van der Waals surface area contributed by atoms with Crippen molar-refractivity contribution in [2.24, 2.45) is 5.73 Å². The van der Waals surface area contributed by atoms with Gasteiger partial charge in [0.15, 0.2) is 0 Å². The lowest BCUT2D eigenvalue weighted by atomic mass is 10.1. The Morgan fingerprint density at radius 1 is 1.59 bits per heavy atom. The Balaban J connectivity index is 1.97. The van der Waals surface area contributed by atoms with E-state index in [1.165, 1.54) is 15.3 Å². The minimum Gasteiger partial charge on any atom is -0.374 e. The summed E-state index contributed by atoms with van der Waals surface area (Å²) in [5.74, 6) is 0. The van der Waals surface area contributed by atoms with Crippen LogP contribution >= 0.6 is 11.3 Å². The second-order valence-corrected chi connectivity index (χ2v) is 6.40. The number of ether oxygens (including phenoxy) is 1. The molecule has 0 aromatic carbocycles. The van der Waals surface area contributed by atoms with Crippen LogP contribution in [0.2, 0.25) is 0 Å². The second kappa shape index (κ2) is 5.48. The second-order valence-electron chi connectivity index (χ2n) is 4.94. The molecule has 0 spiro atoms. The zero-order valence-corrected chi connectivity index (χ0v) is 11.7. The highest BCUT2D eigenvalue weighted by Crippen LogP contribution is 2.22. The van der Waals surface area contributed by atoms with Crippen molar-refractivity contribution in [1.82, 2.24) is 4.90 Å². The lowest BCUT2D eigenvalue weighted by molar-refractivity contribution is -0.0403. The standard InChI is InChI=1S/C13H22N2OS/c1-9-6-12(11(3)17-9)7-15-4-5-16-13(8-15)10(2)14/h6,10,13H,4-5,7-8,14H2,1-3H3. The van der Waals surface area contributed by atoms with Crippen LogP contribution in [0, 0.1) is 13.8 Å². The van der Waals surface area contributed by atoms with Gasteiger partial charge < -0.3 is 10.5 Å². The number of hydrogen-bond acceptors (Lipinski definition) is 4. The van der Waals surface area contributed by atoms with Gasteiger partial charge in [-0.1, -0.05) is 0 Å². The van der Waals surface area contributed by atoms with Crippen LogP contribution in [0.1, 0.15) is 22.2 Å². The van der Waals surface area contributed by atoms with Crippen LogP contribution in [-0.2, 0) is 11.3 Å². The molecule has 96 valence electrons. The van der Waals surface area contributed by atoms with Crippen LogP contribution in [0.5, 0.6) is 0 Å². The molecule has 2 N–H and O–H groups in total. The molecule has 0 aliphatic carbocycles. The number of hydrogen-bond donors (Lipinski definition) is 1. The normalized spacial score (nSPS) is 23.9.